The van der Waals surface area contributed by atoms with E-state index in [1.54, 1.807) is 30.3 Å². The first kappa shape index (κ1) is 26.9. The molecule has 2 aromatic heterocycles. The number of methoxy groups -OCH3 is 1. The van der Waals surface area contributed by atoms with Gasteiger partial charge in [0.15, 0.2) is 17.7 Å². The van der Waals surface area contributed by atoms with Crippen LogP contribution in [-0.2, 0) is 23.4 Å². The number of aliphatic hydroxyl groups is 2. The second kappa shape index (κ2) is 10.3. The first-order valence-corrected chi connectivity index (χ1v) is 12.9. The number of aromatic nitrogens is 4. The van der Waals surface area contributed by atoms with Gasteiger partial charge in [-0.15, -0.1) is 0 Å². The van der Waals surface area contributed by atoms with Gasteiger partial charge in [0.2, 0.25) is 0 Å². The van der Waals surface area contributed by atoms with Gasteiger partial charge in [0, 0.05) is 0 Å². The van der Waals surface area contributed by atoms with Gasteiger partial charge >= 0.3 is 13.7 Å². The van der Waals surface area contributed by atoms with Gasteiger partial charge in [-0.1, -0.05) is 18.2 Å². The molecule has 200 valence electrons. The molecule has 0 bridgehead atoms. The maximum Gasteiger partial charge on any atom is 0.459 e. The topological polar surface area (TPSA) is 193 Å². The Labute approximate surface area is 212 Å². The van der Waals surface area contributed by atoms with Gasteiger partial charge < -0.3 is 29.9 Å². The van der Waals surface area contributed by atoms with E-state index in [1.165, 1.54) is 45.1 Å². The molecule has 1 saturated heterocycles. The van der Waals surface area contributed by atoms with E-state index in [-0.39, 0.29) is 17.2 Å². The van der Waals surface area contributed by atoms with Gasteiger partial charge in [-0.3, -0.25) is 13.9 Å². The third-order valence-electron chi connectivity index (χ3n) is 5.98. The van der Waals surface area contributed by atoms with Crippen LogP contribution in [0.2, 0.25) is 0 Å². The van der Waals surface area contributed by atoms with Crippen LogP contribution in [0.15, 0.2) is 43.0 Å². The highest BCUT2D eigenvalue weighted by Crippen LogP contribution is 2.49. The SMILES string of the molecule is COC(=O)[C@@H](C)N[P@](=O)(Oc1ccccc1)O[C@H](C)[C@H]1O[C@@H](n2cnc3c(N)ncnc32)[C@](C)(O)[C@@H]1O. The lowest BCUT2D eigenvalue weighted by Crippen LogP contribution is -2.46. The summed E-state index contributed by atoms with van der Waals surface area (Å²) in [6.45, 7) is 4.30. The smallest absolute Gasteiger partial charge is 0.459 e. The van der Waals surface area contributed by atoms with Crippen LogP contribution in [0.4, 0.5) is 5.82 Å². The molecule has 5 N–H and O–H groups in total. The van der Waals surface area contributed by atoms with Crippen molar-refractivity contribution in [2.24, 2.45) is 0 Å². The Morgan fingerprint density at radius 3 is 2.65 bits per heavy atom. The molecule has 3 aromatic rings. The number of nitrogens with zero attached hydrogens (tertiary/aromatic N) is 4. The number of esters is 1. The number of hydrogen-bond acceptors (Lipinski definition) is 12. The van der Waals surface area contributed by atoms with Gasteiger partial charge in [-0.2, -0.15) is 5.09 Å². The van der Waals surface area contributed by atoms with Crippen LogP contribution in [0.3, 0.4) is 0 Å². The lowest BCUT2D eigenvalue weighted by molar-refractivity contribution is -0.142. The number of nitrogens with one attached hydrogen (secondary N) is 1. The molecule has 0 unspecified atom stereocenters. The number of ether oxygens (including phenoxy) is 2. The molecule has 1 aromatic carbocycles. The molecule has 0 amide bonds. The first-order valence-electron chi connectivity index (χ1n) is 11.3. The number of imidazole rings is 1. The molecule has 7 atom stereocenters. The molecular weight excluding hydrogens is 507 g/mol. The van der Waals surface area contributed by atoms with Crippen LogP contribution in [0.1, 0.15) is 27.0 Å². The number of carbonyl (C=O) groups is 1. The zero-order chi connectivity index (χ0) is 27.0. The Balaban J connectivity index is 1.60. The average molecular weight is 536 g/mol. The number of nitrogen functional groups attached to an aromatic ring is 1. The Bertz CT molecular complexity index is 1300. The predicted octanol–water partition coefficient (Wildman–Crippen LogP) is 1.16. The van der Waals surface area contributed by atoms with Crippen LogP contribution >= 0.6 is 7.75 Å². The summed E-state index contributed by atoms with van der Waals surface area (Å²) in [5.41, 5.74) is 4.60. The highest BCUT2D eigenvalue weighted by molar-refractivity contribution is 7.52. The van der Waals surface area contributed by atoms with E-state index in [4.69, 9.17) is 24.3 Å². The van der Waals surface area contributed by atoms with Gasteiger partial charge in [0.25, 0.3) is 0 Å². The number of anilines is 1. The minimum absolute atomic E-state index is 0.139. The molecule has 3 heterocycles. The van der Waals surface area contributed by atoms with E-state index in [1.807, 2.05) is 0 Å². The van der Waals surface area contributed by atoms with Crippen LogP contribution < -0.4 is 15.3 Å². The van der Waals surface area contributed by atoms with Crippen LogP contribution in [-0.4, -0.2) is 72.8 Å². The van der Waals surface area contributed by atoms with Gasteiger partial charge in [0.1, 0.15) is 41.4 Å². The molecule has 15 heteroatoms. The third-order valence-corrected chi connectivity index (χ3v) is 7.74. The lowest BCUT2D eigenvalue weighted by atomic mass is 9.94. The second-order valence-electron chi connectivity index (χ2n) is 8.79. The molecule has 0 radical (unpaired) electrons. The zero-order valence-electron chi connectivity index (χ0n) is 20.6. The fourth-order valence-corrected chi connectivity index (χ4v) is 5.73. The van der Waals surface area contributed by atoms with E-state index in [2.05, 4.69) is 20.0 Å². The number of fused-ring (bicyclic) bond motifs is 1. The number of para-hydroxylation sites is 1. The van der Waals surface area contributed by atoms with Gasteiger partial charge in [-0.05, 0) is 32.9 Å². The monoisotopic (exact) mass is 536 g/mol. The summed E-state index contributed by atoms with van der Waals surface area (Å²) in [7, 11) is -3.06. The van der Waals surface area contributed by atoms with Crippen molar-refractivity contribution >= 4 is 30.7 Å². The number of hydrogen-bond donors (Lipinski definition) is 4. The van der Waals surface area contributed by atoms with Gasteiger partial charge in [-0.25, -0.2) is 19.5 Å². The number of nitrogens with two attached hydrogens (primary N) is 1. The fourth-order valence-electron chi connectivity index (χ4n) is 4.04. The van der Waals surface area contributed by atoms with Crippen LogP contribution in [0, 0.1) is 0 Å². The molecule has 1 aliphatic rings. The molecule has 0 aliphatic carbocycles. The highest BCUT2D eigenvalue weighted by atomic mass is 31.2. The minimum atomic E-state index is -4.25. The zero-order valence-corrected chi connectivity index (χ0v) is 21.5. The summed E-state index contributed by atoms with van der Waals surface area (Å²) < 4.78 is 37.3. The normalized spacial score (nSPS) is 26.9. The molecule has 1 aliphatic heterocycles. The molecule has 0 spiro atoms. The maximum absolute atomic E-state index is 13.8. The summed E-state index contributed by atoms with van der Waals surface area (Å²) in [6, 6.07) is 7.15. The van der Waals surface area contributed by atoms with E-state index in [0.717, 1.165) is 0 Å². The maximum atomic E-state index is 13.8. The quantitative estimate of drug-likeness (QED) is 0.225. The molecular formula is C22H29N6O8P. The molecule has 14 nitrogen and oxygen atoms in total. The van der Waals surface area contributed by atoms with Gasteiger partial charge in [0.05, 0.1) is 19.5 Å². The van der Waals surface area contributed by atoms with E-state index in [0.29, 0.717) is 5.52 Å². The predicted molar refractivity (Wildman–Crippen MR) is 130 cm³/mol. The molecule has 1 fully saturated rings. The lowest BCUT2D eigenvalue weighted by Gasteiger charge is -2.29. The number of aliphatic hydroxyl groups excluding tert-OH is 1. The van der Waals surface area contributed by atoms with Crippen molar-refractivity contribution in [1.82, 2.24) is 24.6 Å². The molecule has 0 saturated carbocycles. The standard InChI is InChI=1S/C22H29N6O8P/c1-12(20(30)33-4)27-37(32,36-14-8-6-5-7-9-14)35-13(2)16-17(29)22(3,31)21(34-16)28-11-26-15-18(23)24-10-25-19(15)28/h5-13,16-17,21,29,31H,1-4H3,(H,27,32)(H2,23,24,25)/t12-,13-,16-,17-,21-,22-,37-/m1/s1. The molecule has 4 rings (SSSR count). The Kier molecular flexibility index (Phi) is 7.51. The van der Waals surface area contributed by atoms with E-state index < -0.39 is 49.9 Å². The summed E-state index contributed by atoms with van der Waals surface area (Å²) >= 11 is 0. The second-order valence-corrected chi connectivity index (χ2v) is 10.4. The Morgan fingerprint density at radius 1 is 1.27 bits per heavy atom. The van der Waals surface area contributed by atoms with E-state index in [9.17, 15) is 19.6 Å². The highest BCUT2D eigenvalue weighted by Gasteiger charge is 2.56. The summed E-state index contributed by atoms with van der Waals surface area (Å²) in [5, 5.41) is 24.7. The number of rotatable bonds is 9. The van der Waals surface area contributed by atoms with Crippen molar-refractivity contribution < 1.29 is 38.1 Å². The van der Waals surface area contributed by atoms with E-state index >= 15 is 0 Å². The van der Waals surface area contributed by atoms with Crippen molar-refractivity contribution in [1.29, 1.82) is 0 Å². The van der Waals surface area contributed by atoms with Crippen molar-refractivity contribution in [2.45, 2.75) is 57.0 Å². The summed E-state index contributed by atoms with van der Waals surface area (Å²) in [4.78, 5) is 24.2. The largest absolute Gasteiger partial charge is 0.468 e. The summed E-state index contributed by atoms with van der Waals surface area (Å²) in [6.07, 6.45) is -2.34. The summed E-state index contributed by atoms with van der Waals surface area (Å²) in [5.74, 6) is -0.343. The van der Waals surface area contributed by atoms with Crippen LogP contribution in [0.25, 0.3) is 11.2 Å². The van der Waals surface area contributed by atoms with Crippen LogP contribution in [0.5, 0.6) is 5.75 Å². The van der Waals surface area contributed by atoms with Crippen molar-refractivity contribution in [3.05, 3.63) is 43.0 Å². The molecule has 37 heavy (non-hydrogen) atoms. The fraction of sp³-hybridized carbons (Fsp3) is 0.455. The van der Waals surface area contributed by atoms with Crippen molar-refractivity contribution in [3.63, 3.8) is 0 Å². The number of carbonyl (C=O) groups excluding carboxylic acids is 1. The number of benzene rings is 1. The average Bonchev–Trinajstić information content (AvgIpc) is 3.38. The van der Waals surface area contributed by atoms with Crippen molar-refractivity contribution in [3.8, 4) is 5.75 Å². The van der Waals surface area contributed by atoms with Crippen molar-refractivity contribution in [2.75, 3.05) is 12.8 Å². The Hall–Kier alpha value is -3.13. The third kappa shape index (κ3) is 5.30. The first-order chi connectivity index (χ1) is 17.5. The minimum Gasteiger partial charge on any atom is -0.468 e. The Morgan fingerprint density at radius 2 is 1.97 bits per heavy atom.